The quantitative estimate of drug-likeness (QED) is 0.310. The van der Waals surface area contributed by atoms with Gasteiger partial charge in [-0.2, -0.15) is 0 Å². The van der Waals surface area contributed by atoms with E-state index in [1.54, 1.807) is 48.5 Å². The molecule has 1 fully saturated rings. The fraction of sp³-hybridized carbons (Fsp3) is 0.120. The predicted molar refractivity (Wildman–Crippen MR) is 123 cm³/mol. The third-order valence-electron chi connectivity index (χ3n) is 5.31. The van der Waals surface area contributed by atoms with E-state index in [2.05, 4.69) is 15.9 Å². The van der Waals surface area contributed by atoms with Crippen LogP contribution in [0.2, 0.25) is 0 Å². The van der Waals surface area contributed by atoms with Crippen molar-refractivity contribution in [3.8, 4) is 5.75 Å². The molecule has 1 saturated heterocycles. The molecule has 3 aromatic rings. The van der Waals surface area contributed by atoms with Gasteiger partial charge in [-0.1, -0.05) is 64.0 Å². The van der Waals surface area contributed by atoms with Crippen LogP contribution in [0.4, 0.5) is 5.69 Å². The molecule has 156 valence electrons. The topological polar surface area (TPSA) is 66.8 Å². The zero-order valence-corrected chi connectivity index (χ0v) is 18.6. The van der Waals surface area contributed by atoms with Crippen molar-refractivity contribution < 1.29 is 19.4 Å². The van der Waals surface area contributed by atoms with Gasteiger partial charge in [-0.3, -0.25) is 14.5 Å². The highest BCUT2D eigenvalue weighted by atomic mass is 79.9. The molecule has 5 nitrogen and oxygen atoms in total. The molecule has 0 radical (unpaired) electrons. The van der Waals surface area contributed by atoms with Crippen LogP contribution in [-0.2, 0) is 9.59 Å². The van der Waals surface area contributed by atoms with E-state index >= 15 is 0 Å². The molecule has 0 spiro atoms. The summed E-state index contributed by atoms with van der Waals surface area (Å²) in [5, 5.41) is 11.1. The number of aryl methyl sites for hydroxylation is 1. The lowest BCUT2D eigenvalue weighted by Crippen LogP contribution is -2.29. The minimum absolute atomic E-state index is 0.0254. The van der Waals surface area contributed by atoms with Crippen molar-refractivity contribution in [1.29, 1.82) is 0 Å². The molecule has 3 aromatic carbocycles. The van der Waals surface area contributed by atoms with Crippen LogP contribution in [0.5, 0.6) is 5.75 Å². The maximum absolute atomic E-state index is 13.2. The first kappa shape index (κ1) is 20.9. The highest BCUT2D eigenvalue weighted by molar-refractivity contribution is 9.10. The van der Waals surface area contributed by atoms with E-state index in [1.165, 1.54) is 12.0 Å². The number of para-hydroxylation sites is 1. The van der Waals surface area contributed by atoms with E-state index in [1.807, 2.05) is 31.2 Å². The number of ketones is 1. The number of hydrogen-bond donors (Lipinski definition) is 1. The van der Waals surface area contributed by atoms with Gasteiger partial charge in [0.15, 0.2) is 0 Å². The largest absolute Gasteiger partial charge is 0.507 e. The van der Waals surface area contributed by atoms with Crippen LogP contribution in [0.15, 0.2) is 82.8 Å². The van der Waals surface area contributed by atoms with Crippen LogP contribution in [0.1, 0.15) is 22.7 Å². The molecule has 1 aliphatic heterocycles. The van der Waals surface area contributed by atoms with Crippen LogP contribution in [0, 0.1) is 6.92 Å². The van der Waals surface area contributed by atoms with Crippen LogP contribution in [0.3, 0.4) is 0 Å². The van der Waals surface area contributed by atoms with Crippen LogP contribution >= 0.6 is 15.9 Å². The Morgan fingerprint density at radius 1 is 0.968 bits per heavy atom. The van der Waals surface area contributed by atoms with Gasteiger partial charge in [0.25, 0.3) is 11.7 Å². The van der Waals surface area contributed by atoms with Gasteiger partial charge in [-0.05, 0) is 37.3 Å². The smallest absolute Gasteiger partial charge is 0.300 e. The first-order chi connectivity index (χ1) is 14.9. The van der Waals surface area contributed by atoms with Gasteiger partial charge in [0, 0.05) is 21.3 Å². The van der Waals surface area contributed by atoms with E-state index < -0.39 is 17.7 Å². The molecule has 31 heavy (non-hydrogen) atoms. The Hall–Kier alpha value is -3.38. The van der Waals surface area contributed by atoms with Crippen molar-refractivity contribution in [1.82, 2.24) is 0 Å². The van der Waals surface area contributed by atoms with Crippen molar-refractivity contribution in [2.45, 2.75) is 13.0 Å². The molecule has 0 aromatic heterocycles. The van der Waals surface area contributed by atoms with Crippen LogP contribution in [-0.4, -0.2) is 23.9 Å². The lowest BCUT2D eigenvalue weighted by Gasteiger charge is -2.26. The Morgan fingerprint density at radius 3 is 2.26 bits per heavy atom. The fourth-order valence-corrected chi connectivity index (χ4v) is 4.02. The summed E-state index contributed by atoms with van der Waals surface area (Å²) in [5.41, 5.74) is 2.69. The SMILES string of the molecule is COc1ccccc1C1/C(=C(/O)c2ccc(Br)cc2)C(=O)C(=O)N1c1ccc(C)cc1. The molecule has 0 bridgehead atoms. The molecule has 0 saturated carbocycles. The molecule has 1 unspecified atom stereocenters. The first-order valence-corrected chi connectivity index (χ1v) is 10.5. The van der Waals surface area contributed by atoms with Crippen molar-refractivity contribution in [2.75, 3.05) is 12.0 Å². The Morgan fingerprint density at radius 2 is 1.61 bits per heavy atom. The summed E-state index contributed by atoms with van der Waals surface area (Å²) >= 11 is 3.37. The number of halogens is 1. The second-order valence-electron chi connectivity index (χ2n) is 7.25. The number of Topliss-reactive ketones (excluding diaryl/α,β-unsaturated/α-hetero) is 1. The summed E-state index contributed by atoms with van der Waals surface area (Å²) in [6.45, 7) is 1.95. The highest BCUT2D eigenvalue weighted by Crippen LogP contribution is 2.44. The number of rotatable bonds is 4. The number of hydrogen-bond acceptors (Lipinski definition) is 4. The Kier molecular flexibility index (Phi) is 5.65. The second kappa shape index (κ2) is 8.40. The summed E-state index contributed by atoms with van der Waals surface area (Å²) in [6, 6.07) is 20.6. The van der Waals surface area contributed by atoms with Gasteiger partial charge in [-0.15, -0.1) is 0 Å². The Labute approximate surface area is 188 Å². The minimum atomic E-state index is -0.831. The molecule has 1 atom stereocenters. The Balaban J connectivity index is 1.97. The molecule has 1 amide bonds. The second-order valence-corrected chi connectivity index (χ2v) is 8.17. The zero-order valence-electron chi connectivity index (χ0n) is 17.0. The third-order valence-corrected chi connectivity index (χ3v) is 5.84. The number of anilines is 1. The van der Waals surface area contributed by atoms with Gasteiger partial charge in [0.2, 0.25) is 0 Å². The number of ether oxygens (including phenoxy) is 1. The first-order valence-electron chi connectivity index (χ1n) is 9.69. The Bertz CT molecular complexity index is 1180. The summed E-state index contributed by atoms with van der Waals surface area (Å²) in [6.07, 6.45) is 0. The monoisotopic (exact) mass is 477 g/mol. The number of aliphatic hydroxyl groups is 1. The molecule has 6 heteroatoms. The lowest BCUT2D eigenvalue weighted by molar-refractivity contribution is -0.132. The van der Waals surface area contributed by atoms with Crippen molar-refractivity contribution in [3.63, 3.8) is 0 Å². The molecule has 1 heterocycles. The molecule has 4 rings (SSSR count). The lowest BCUT2D eigenvalue weighted by atomic mass is 9.94. The van der Waals surface area contributed by atoms with E-state index in [0.717, 1.165) is 10.0 Å². The number of methoxy groups -OCH3 is 1. The number of carbonyl (C=O) groups excluding carboxylic acids is 2. The average molecular weight is 478 g/mol. The van der Waals surface area contributed by atoms with Crippen LogP contribution in [0.25, 0.3) is 5.76 Å². The number of carbonyl (C=O) groups is 2. The number of nitrogens with zero attached hydrogens (tertiary/aromatic N) is 1. The summed E-state index contributed by atoms with van der Waals surface area (Å²) in [4.78, 5) is 27.7. The van der Waals surface area contributed by atoms with E-state index in [0.29, 0.717) is 22.6 Å². The van der Waals surface area contributed by atoms with Crippen molar-refractivity contribution in [2.24, 2.45) is 0 Å². The molecule has 1 aliphatic rings. The normalized spacial score (nSPS) is 17.8. The van der Waals surface area contributed by atoms with Crippen LogP contribution < -0.4 is 9.64 Å². The summed E-state index contributed by atoms with van der Waals surface area (Å²) in [7, 11) is 1.53. The third kappa shape index (κ3) is 3.75. The van der Waals surface area contributed by atoms with E-state index in [4.69, 9.17) is 4.74 Å². The zero-order chi connectivity index (χ0) is 22.1. The minimum Gasteiger partial charge on any atom is -0.507 e. The average Bonchev–Trinajstić information content (AvgIpc) is 3.05. The van der Waals surface area contributed by atoms with Gasteiger partial charge < -0.3 is 9.84 Å². The maximum Gasteiger partial charge on any atom is 0.300 e. The fourth-order valence-electron chi connectivity index (χ4n) is 3.75. The number of amides is 1. The maximum atomic E-state index is 13.2. The van der Waals surface area contributed by atoms with Gasteiger partial charge >= 0.3 is 0 Å². The number of aliphatic hydroxyl groups excluding tert-OH is 1. The van der Waals surface area contributed by atoms with E-state index in [9.17, 15) is 14.7 Å². The molecular weight excluding hydrogens is 458 g/mol. The van der Waals surface area contributed by atoms with Crippen molar-refractivity contribution in [3.05, 3.63) is 99.5 Å². The molecule has 1 N–H and O–H groups in total. The molecular formula is C25H20BrNO4. The van der Waals surface area contributed by atoms with E-state index in [-0.39, 0.29) is 11.3 Å². The summed E-state index contributed by atoms with van der Waals surface area (Å²) in [5.74, 6) is -1.14. The standard InChI is InChI=1S/C25H20BrNO4/c1-15-7-13-18(14-8-15)27-22(19-5-3-4-6-20(19)31-2)21(24(29)25(27)30)23(28)16-9-11-17(26)12-10-16/h3-14,22,28H,1-2H3/b23-21-. The predicted octanol–water partition coefficient (Wildman–Crippen LogP) is 5.39. The number of benzene rings is 3. The van der Waals surface area contributed by atoms with Gasteiger partial charge in [0.1, 0.15) is 11.5 Å². The highest BCUT2D eigenvalue weighted by Gasteiger charge is 2.47. The van der Waals surface area contributed by atoms with Gasteiger partial charge in [0.05, 0.1) is 18.7 Å². The van der Waals surface area contributed by atoms with Gasteiger partial charge in [-0.25, -0.2) is 0 Å². The molecule has 0 aliphatic carbocycles. The summed E-state index contributed by atoms with van der Waals surface area (Å²) < 4.78 is 6.36. The van der Waals surface area contributed by atoms with Crippen molar-refractivity contribution >= 4 is 39.1 Å².